The van der Waals surface area contributed by atoms with Crippen LogP contribution >= 0.6 is 0 Å². The second kappa shape index (κ2) is 12.6. The summed E-state index contributed by atoms with van der Waals surface area (Å²) in [4.78, 5) is 16.4. The van der Waals surface area contributed by atoms with Crippen LogP contribution in [0.3, 0.4) is 0 Å². The zero-order valence-corrected chi connectivity index (χ0v) is 20.7. The maximum atomic E-state index is 13.8. The Hall–Kier alpha value is -2.87. The molecule has 0 saturated heterocycles. The molecule has 1 aliphatic rings. The highest BCUT2D eigenvalue weighted by Gasteiger charge is 2.49. The number of rotatable bonds is 7. The summed E-state index contributed by atoms with van der Waals surface area (Å²) in [6.45, 7) is 11.4. The monoisotopic (exact) mass is 466 g/mol. The number of Topliss-reactive ketones (excluding diaryl/α,β-unsaturated/α-hetero) is 1. The lowest BCUT2D eigenvalue weighted by atomic mass is 9.66. The molecule has 1 aromatic heterocycles. The first-order valence-electron chi connectivity index (χ1n) is 12.1. The van der Waals surface area contributed by atoms with Gasteiger partial charge < -0.3 is 0 Å². The molecule has 5 heteroatoms. The molecule has 1 aliphatic carbocycles. The molecule has 3 rings (SSSR count). The highest BCUT2D eigenvalue weighted by molar-refractivity contribution is 5.81. The predicted molar refractivity (Wildman–Crippen MR) is 134 cm³/mol. The zero-order valence-electron chi connectivity index (χ0n) is 20.7. The number of nitriles is 1. The van der Waals surface area contributed by atoms with E-state index >= 15 is 0 Å². The second-order valence-electron chi connectivity index (χ2n) is 9.52. The first-order valence-corrected chi connectivity index (χ1v) is 12.1. The van der Waals surface area contributed by atoms with Crippen LogP contribution in [0.5, 0.6) is 0 Å². The topological polar surface area (TPSA) is 53.8 Å². The van der Waals surface area contributed by atoms with Crippen molar-refractivity contribution in [3.05, 3.63) is 60.4 Å². The SMILES string of the molecule is C=Cc1ccc(-c2ccccc2C#N)cn1.CCCCC(=O)C1CC(F)(F)C(C)CC1C(C)C. The number of hydrogen-bond donors (Lipinski definition) is 0. The quantitative estimate of drug-likeness (QED) is 0.416. The number of hydrogen-bond acceptors (Lipinski definition) is 3. The number of carbonyl (C=O) groups excluding carboxylic acids is 1. The first-order chi connectivity index (χ1) is 16.1. The van der Waals surface area contributed by atoms with Crippen LogP contribution in [0.2, 0.25) is 0 Å². The molecule has 0 radical (unpaired) electrons. The van der Waals surface area contributed by atoms with Gasteiger partial charge in [-0.05, 0) is 42.9 Å². The van der Waals surface area contributed by atoms with E-state index in [0.717, 1.165) is 29.7 Å². The Morgan fingerprint density at radius 3 is 2.56 bits per heavy atom. The molecule has 0 bridgehead atoms. The number of ketones is 1. The van der Waals surface area contributed by atoms with Crippen molar-refractivity contribution in [2.24, 2.45) is 23.7 Å². The van der Waals surface area contributed by atoms with Gasteiger partial charge in [0.15, 0.2) is 0 Å². The number of aromatic nitrogens is 1. The molecule has 1 saturated carbocycles. The van der Waals surface area contributed by atoms with Crippen LogP contribution in [0.15, 0.2) is 49.2 Å². The molecule has 3 unspecified atom stereocenters. The maximum Gasteiger partial charge on any atom is 0.251 e. The van der Waals surface area contributed by atoms with Crippen LogP contribution in [0.1, 0.15) is 71.1 Å². The minimum atomic E-state index is -2.67. The number of alkyl halides is 2. The molecular weight excluding hydrogens is 430 g/mol. The van der Waals surface area contributed by atoms with Gasteiger partial charge in [-0.2, -0.15) is 5.26 Å². The fraction of sp³-hybridized carbons (Fsp3) is 0.483. The van der Waals surface area contributed by atoms with Crippen LogP contribution in [0.4, 0.5) is 8.78 Å². The van der Waals surface area contributed by atoms with E-state index in [4.69, 9.17) is 5.26 Å². The number of halogens is 2. The van der Waals surface area contributed by atoms with E-state index in [1.165, 1.54) is 0 Å². The van der Waals surface area contributed by atoms with Crippen molar-refractivity contribution in [3.63, 3.8) is 0 Å². The van der Waals surface area contributed by atoms with Gasteiger partial charge in [-0.25, -0.2) is 8.78 Å². The van der Waals surface area contributed by atoms with Crippen molar-refractivity contribution in [1.82, 2.24) is 4.98 Å². The largest absolute Gasteiger partial charge is 0.299 e. The summed E-state index contributed by atoms with van der Waals surface area (Å²) in [7, 11) is 0. The van der Waals surface area contributed by atoms with Gasteiger partial charge in [0.2, 0.25) is 0 Å². The lowest BCUT2D eigenvalue weighted by molar-refractivity contribution is -0.146. The van der Waals surface area contributed by atoms with Crippen LogP contribution in [-0.4, -0.2) is 16.7 Å². The summed E-state index contributed by atoms with van der Waals surface area (Å²) in [5.74, 6) is -3.20. The van der Waals surface area contributed by atoms with Gasteiger partial charge in [0.05, 0.1) is 17.3 Å². The fourth-order valence-corrected chi connectivity index (χ4v) is 4.53. The Balaban J connectivity index is 0.000000241. The van der Waals surface area contributed by atoms with Gasteiger partial charge in [-0.3, -0.25) is 9.78 Å². The second-order valence-corrected chi connectivity index (χ2v) is 9.52. The Labute approximate surface area is 202 Å². The van der Waals surface area contributed by atoms with E-state index in [1.54, 1.807) is 25.3 Å². The smallest absolute Gasteiger partial charge is 0.251 e. The highest BCUT2D eigenvalue weighted by Crippen LogP contribution is 2.47. The van der Waals surface area contributed by atoms with E-state index < -0.39 is 17.8 Å². The Morgan fingerprint density at radius 1 is 1.29 bits per heavy atom. The normalized spacial score (nSPS) is 21.2. The van der Waals surface area contributed by atoms with Gasteiger partial charge >= 0.3 is 0 Å². The molecule has 0 spiro atoms. The van der Waals surface area contributed by atoms with Gasteiger partial charge in [0, 0.05) is 42.0 Å². The first kappa shape index (κ1) is 27.4. The van der Waals surface area contributed by atoms with Crippen LogP contribution in [-0.2, 0) is 4.79 Å². The summed E-state index contributed by atoms with van der Waals surface area (Å²) >= 11 is 0. The third-order valence-corrected chi connectivity index (χ3v) is 6.76. The number of pyridine rings is 1. The van der Waals surface area contributed by atoms with Crippen LogP contribution in [0.25, 0.3) is 17.2 Å². The minimum absolute atomic E-state index is 0.0575. The summed E-state index contributed by atoms with van der Waals surface area (Å²) in [5, 5.41) is 8.99. The maximum absolute atomic E-state index is 13.8. The Morgan fingerprint density at radius 2 is 2.00 bits per heavy atom. The van der Waals surface area contributed by atoms with E-state index in [-0.39, 0.29) is 18.1 Å². The van der Waals surface area contributed by atoms with E-state index in [1.807, 2.05) is 51.1 Å². The summed E-state index contributed by atoms with van der Waals surface area (Å²) in [6, 6.07) is 13.5. The zero-order chi connectivity index (χ0) is 25.3. The van der Waals surface area contributed by atoms with E-state index in [2.05, 4.69) is 17.6 Å². The highest BCUT2D eigenvalue weighted by atomic mass is 19.3. The Kier molecular flexibility index (Phi) is 10.1. The third kappa shape index (κ3) is 7.06. The summed E-state index contributed by atoms with van der Waals surface area (Å²) in [5.41, 5.74) is 3.35. The standard InChI is InChI=1S/C15H26F2O.C14H10N2/c1-5-6-7-14(18)13-9-15(16,17)11(4)8-12(13)10(2)3;1-2-13-8-7-12(10-16-13)14-6-4-3-5-11(14)9-15/h10-13H,5-9H2,1-4H3;2-8,10H,1H2. The number of unbranched alkanes of at least 4 members (excludes halogenated alkanes) is 1. The average Bonchev–Trinajstić information content (AvgIpc) is 2.84. The molecule has 1 heterocycles. The predicted octanol–water partition coefficient (Wildman–Crippen LogP) is 7.96. The molecule has 182 valence electrons. The Bertz CT molecular complexity index is 992. The van der Waals surface area contributed by atoms with Crippen molar-refractivity contribution >= 4 is 11.9 Å². The van der Waals surface area contributed by atoms with Crippen LogP contribution in [0, 0.1) is 35.0 Å². The molecule has 3 nitrogen and oxygen atoms in total. The summed E-state index contributed by atoms with van der Waals surface area (Å²) < 4.78 is 27.6. The number of benzene rings is 1. The average molecular weight is 467 g/mol. The minimum Gasteiger partial charge on any atom is -0.299 e. The van der Waals surface area contributed by atoms with Crippen molar-refractivity contribution in [2.75, 3.05) is 0 Å². The molecule has 1 fully saturated rings. The van der Waals surface area contributed by atoms with Gasteiger partial charge in [0.25, 0.3) is 5.92 Å². The van der Waals surface area contributed by atoms with Crippen molar-refractivity contribution in [2.45, 2.75) is 65.7 Å². The van der Waals surface area contributed by atoms with Crippen molar-refractivity contribution in [3.8, 4) is 17.2 Å². The molecular formula is C29H36F2N2O. The van der Waals surface area contributed by atoms with Gasteiger partial charge in [0.1, 0.15) is 5.78 Å². The molecule has 0 N–H and O–H groups in total. The number of nitrogens with zero attached hydrogens (tertiary/aromatic N) is 2. The molecule has 0 amide bonds. The molecule has 2 aromatic rings. The van der Waals surface area contributed by atoms with Crippen molar-refractivity contribution < 1.29 is 13.6 Å². The molecule has 34 heavy (non-hydrogen) atoms. The molecule has 0 aliphatic heterocycles. The number of carbonyl (C=O) groups is 1. The lowest BCUT2D eigenvalue weighted by Gasteiger charge is -2.41. The third-order valence-electron chi connectivity index (χ3n) is 6.76. The van der Waals surface area contributed by atoms with Crippen LogP contribution < -0.4 is 0 Å². The van der Waals surface area contributed by atoms with E-state index in [9.17, 15) is 13.6 Å². The van der Waals surface area contributed by atoms with E-state index in [0.29, 0.717) is 24.3 Å². The van der Waals surface area contributed by atoms with Crippen molar-refractivity contribution in [1.29, 1.82) is 5.26 Å². The lowest BCUT2D eigenvalue weighted by Crippen LogP contribution is -2.43. The summed E-state index contributed by atoms with van der Waals surface area (Å²) in [6.07, 6.45) is 5.92. The molecule has 1 aromatic carbocycles. The fourth-order valence-electron chi connectivity index (χ4n) is 4.53. The van der Waals surface area contributed by atoms with Gasteiger partial charge in [-0.15, -0.1) is 0 Å². The molecule has 3 atom stereocenters. The van der Waals surface area contributed by atoms with Gasteiger partial charge in [-0.1, -0.05) is 65.0 Å².